The van der Waals surface area contributed by atoms with E-state index >= 15 is 0 Å². The standard InChI is InChI=1S/C7H8F3NO3/c1-3-14-5(13)6(2,11-4-12)7(8,9)10/h3H2,1-2H3. The summed E-state index contributed by atoms with van der Waals surface area (Å²) in [5.41, 5.74) is -3.16. The van der Waals surface area contributed by atoms with E-state index in [9.17, 15) is 22.8 Å². The highest BCUT2D eigenvalue weighted by molar-refractivity contribution is 5.82. The van der Waals surface area contributed by atoms with Gasteiger partial charge in [-0.05, 0) is 13.8 Å². The van der Waals surface area contributed by atoms with Gasteiger partial charge in [-0.3, -0.25) is 0 Å². The van der Waals surface area contributed by atoms with Crippen molar-refractivity contribution in [1.29, 1.82) is 0 Å². The van der Waals surface area contributed by atoms with Gasteiger partial charge in [0.2, 0.25) is 6.08 Å². The smallest absolute Gasteiger partial charge is 0.425 e. The van der Waals surface area contributed by atoms with E-state index in [-0.39, 0.29) is 6.61 Å². The molecule has 0 radical (unpaired) electrons. The molecule has 0 aromatic rings. The maximum atomic E-state index is 12.3. The van der Waals surface area contributed by atoms with Crippen LogP contribution >= 0.6 is 0 Å². The molecule has 0 aliphatic carbocycles. The van der Waals surface area contributed by atoms with Gasteiger partial charge in [-0.25, -0.2) is 9.59 Å². The molecule has 1 atom stereocenters. The normalized spacial score (nSPS) is 15.2. The molecule has 7 heteroatoms. The molecule has 0 bridgehead atoms. The van der Waals surface area contributed by atoms with E-state index in [1.165, 1.54) is 6.92 Å². The van der Waals surface area contributed by atoms with Gasteiger partial charge in [0.05, 0.1) is 6.61 Å². The second-order valence-corrected chi connectivity index (χ2v) is 2.49. The van der Waals surface area contributed by atoms with E-state index in [0.717, 1.165) is 0 Å². The van der Waals surface area contributed by atoms with Crippen LogP contribution in [0.4, 0.5) is 13.2 Å². The highest BCUT2D eigenvalue weighted by Crippen LogP contribution is 2.34. The second kappa shape index (κ2) is 4.23. The molecule has 0 saturated heterocycles. The quantitative estimate of drug-likeness (QED) is 0.400. The molecule has 0 rings (SSSR count). The second-order valence-electron chi connectivity index (χ2n) is 2.49. The Morgan fingerprint density at radius 3 is 2.29 bits per heavy atom. The molecule has 80 valence electrons. The van der Waals surface area contributed by atoms with Crippen LogP contribution in [-0.4, -0.2) is 30.4 Å². The number of isocyanates is 1. The Hall–Kier alpha value is -1.36. The van der Waals surface area contributed by atoms with Crippen molar-refractivity contribution in [3.8, 4) is 0 Å². The van der Waals surface area contributed by atoms with Crippen LogP contribution in [-0.2, 0) is 14.3 Å². The monoisotopic (exact) mass is 211 g/mol. The molecule has 0 heterocycles. The molecular formula is C7H8F3NO3. The average molecular weight is 211 g/mol. The van der Waals surface area contributed by atoms with Crippen molar-refractivity contribution in [3.05, 3.63) is 0 Å². The third-order valence-electron chi connectivity index (χ3n) is 1.49. The topological polar surface area (TPSA) is 55.7 Å². The van der Waals surface area contributed by atoms with E-state index in [4.69, 9.17) is 0 Å². The first kappa shape index (κ1) is 12.6. The lowest BCUT2D eigenvalue weighted by atomic mass is 10.0. The Morgan fingerprint density at radius 2 is 2.00 bits per heavy atom. The van der Waals surface area contributed by atoms with Crippen molar-refractivity contribution in [3.63, 3.8) is 0 Å². The number of alkyl halides is 3. The molecule has 0 N–H and O–H groups in total. The first-order valence-electron chi connectivity index (χ1n) is 3.62. The average Bonchev–Trinajstić information content (AvgIpc) is 2.03. The van der Waals surface area contributed by atoms with Gasteiger partial charge in [-0.2, -0.15) is 18.2 Å². The van der Waals surface area contributed by atoms with E-state index in [2.05, 4.69) is 9.73 Å². The lowest BCUT2D eigenvalue weighted by molar-refractivity contribution is -0.200. The summed E-state index contributed by atoms with van der Waals surface area (Å²) < 4.78 is 41.0. The summed E-state index contributed by atoms with van der Waals surface area (Å²) >= 11 is 0. The minimum Gasteiger partial charge on any atom is -0.464 e. The third-order valence-corrected chi connectivity index (χ3v) is 1.49. The van der Waals surface area contributed by atoms with Crippen molar-refractivity contribution in [2.24, 2.45) is 4.99 Å². The van der Waals surface area contributed by atoms with Gasteiger partial charge in [0.1, 0.15) is 0 Å². The van der Waals surface area contributed by atoms with Crippen molar-refractivity contribution in [2.75, 3.05) is 6.61 Å². The van der Waals surface area contributed by atoms with Gasteiger partial charge in [-0.15, -0.1) is 0 Å². The van der Waals surface area contributed by atoms with Gasteiger partial charge in [0, 0.05) is 0 Å². The zero-order chi connectivity index (χ0) is 11.4. The predicted octanol–water partition coefficient (Wildman–Crippen LogP) is 1.21. The molecule has 14 heavy (non-hydrogen) atoms. The van der Waals surface area contributed by atoms with Gasteiger partial charge in [0.15, 0.2) is 0 Å². The number of halogens is 3. The van der Waals surface area contributed by atoms with Crippen LogP contribution in [0.1, 0.15) is 13.8 Å². The van der Waals surface area contributed by atoms with E-state index < -0.39 is 17.7 Å². The Balaban J connectivity index is 5.10. The van der Waals surface area contributed by atoms with Gasteiger partial charge in [0.25, 0.3) is 5.54 Å². The molecule has 0 amide bonds. The minimum atomic E-state index is -4.98. The fraction of sp³-hybridized carbons (Fsp3) is 0.714. The van der Waals surface area contributed by atoms with Crippen LogP contribution in [0, 0.1) is 0 Å². The summed E-state index contributed by atoms with van der Waals surface area (Å²) in [4.78, 5) is 23.1. The number of hydrogen-bond acceptors (Lipinski definition) is 4. The van der Waals surface area contributed by atoms with E-state index in [1.807, 2.05) is 0 Å². The van der Waals surface area contributed by atoms with E-state index in [0.29, 0.717) is 13.0 Å². The highest BCUT2D eigenvalue weighted by atomic mass is 19.4. The lowest BCUT2D eigenvalue weighted by Gasteiger charge is -2.23. The summed E-state index contributed by atoms with van der Waals surface area (Å²) in [7, 11) is 0. The largest absolute Gasteiger partial charge is 0.464 e. The molecule has 0 aliphatic heterocycles. The van der Waals surface area contributed by atoms with Crippen molar-refractivity contribution < 1.29 is 27.5 Å². The number of hydrogen-bond donors (Lipinski definition) is 0. The first-order chi connectivity index (χ1) is 6.29. The van der Waals surface area contributed by atoms with Gasteiger partial charge >= 0.3 is 12.1 Å². The number of rotatable bonds is 3. The number of esters is 1. The van der Waals surface area contributed by atoms with Crippen LogP contribution in [0.25, 0.3) is 0 Å². The van der Waals surface area contributed by atoms with E-state index in [1.54, 1.807) is 0 Å². The molecular weight excluding hydrogens is 203 g/mol. The van der Waals surface area contributed by atoms with Crippen LogP contribution in [0.3, 0.4) is 0 Å². The molecule has 0 saturated carbocycles. The van der Waals surface area contributed by atoms with Crippen molar-refractivity contribution in [1.82, 2.24) is 0 Å². The minimum absolute atomic E-state index is 0.223. The lowest BCUT2D eigenvalue weighted by Crippen LogP contribution is -2.48. The number of carbonyl (C=O) groups is 1. The number of nitrogens with zero attached hydrogens (tertiary/aromatic N) is 1. The van der Waals surface area contributed by atoms with Crippen molar-refractivity contribution >= 4 is 12.0 Å². The Morgan fingerprint density at radius 1 is 1.50 bits per heavy atom. The molecule has 0 aromatic carbocycles. The summed E-state index contributed by atoms with van der Waals surface area (Å²) in [6, 6.07) is 0. The summed E-state index contributed by atoms with van der Waals surface area (Å²) in [5, 5.41) is 0. The van der Waals surface area contributed by atoms with Crippen LogP contribution in [0.2, 0.25) is 0 Å². The number of carbonyl (C=O) groups excluding carboxylic acids is 2. The Bertz CT molecular complexity index is 270. The van der Waals surface area contributed by atoms with Gasteiger partial charge < -0.3 is 4.74 Å². The molecule has 0 aliphatic rings. The van der Waals surface area contributed by atoms with Gasteiger partial charge in [-0.1, -0.05) is 0 Å². The number of ether oxygens (including phenoxy) is 1. The highest BCUT2D eigenvalue weighted by Gasteiger charge is 2.59. The Kier molecular flexibility index (Phi) is 3.82. The third kappa shape index (κ3) is 2.32. The predicted molar refractivity (Wildman–Crippen MR) is 39.2 cm³/mol. The molecule has 4 nitrogen and oxygen atoms in total. The molecule has 0 aromatic heterocycles. The maximum Gasteiger partial charge on any atom is 0.425 e. The SMILES string of the molecule is CCOC(=O)C(C)(N=C=O)C(F)(F)F. The van der Waals surface area contributed by atoms with Crippen LogP contribution in [0.5, 0.6) is 0 Å². The summed E-state index contributed by atoms with van der Waals surface area (Å²) in [5.74, 6) is -1.61. The fourth-order valence-corrected chi connectivity index (χ4v) is 0.588. The van der Waals surface area contributed by atoms with Crippen LogP contribution < -0.4 is 0 Å². The summed E-state index contributed by atoms with van der Waals surface area (Å²) in [6.45, 7) is 1.58. The summed E-state index contributed by atoms with van der Waals surface area (Å²) in [6.07, 6.45) is -4.27. The zero-order valence-corrected chi connectivity index (χ0v) is 7.51. The maximum absolute atomic E-state index is 12.3. The number of aliphatic imine (C=N–C) groups is 1. The Labute approximate surface area is 77.8 Å². The molecule has 0 spiro atoms. The van der Waals surface area contributed by atoms with Crippen molar-refractivity contribution in [2.45, 2.75) is 25.6 Å². The fourth-order valence-electron chi connectivity index (χ4n) is 0.588. The zero-order valence-electron chi connectivity index (χ0n) is 7.51. The molecule has 0 fully saturated rings. The molecule has 1 unspecified atom stereocenters. The first-order valence-corrected chi connectivity index (χ1v) is 3.62. The van der Waals surface area contributed by atoms with Crippen LogP contribution in [0.15, 0.2) is 4.99 Å².